The molecule has 0 amide bonds. The van der Waals surface area contributed by atoms with Crippen LogP contribution in [0.2, 0.25) is 0 Å². The van der Waals surface area contributed by atoms with E-state index in [1.165, 1.54) is 37.9 Å². The molecule has 0 saturated carbocycles. The average molecular weight is 475 g/mol. The van der Waals surface area contributed by atoms with E-state index in [0.29, 0.717) is 0 Å². The highest BCUT2D eigenvalue weighted by Crippen LogP contribution is 2.33. The summed E-state index contributed by atoms with van der Waals surface area (Å²) in [5.74, 6) is 0.737. The van der Waals surface area contributed by atoms with Gasteiger partial charge < -0.3 is 9.40 Å². The Morgan fingerprint density at radius 2 is 1.83 bits per heavy atom. The zero-order valence-electron chi connectivity index (χ0n) is 19.9. The summed E-state index contributed by atoms with van der Waals surface area (Å²) >= 11 is 0. The fraction of sp³-hybridized carbons (Fsp3) is 0.207. The van der Waals surface area contributed by atoms with Crippen LogP contribution >= 0.6 is 0 Å². The van der Waals surface area contributed by atoms with Gasteiger partial charge in [0.05, 0.1) is 29.1 Å². The van der Waals surface area contributed by atoms with Crippen molar-refractivity contribution in [2.45, 2.75) is 25.8 Å². The number of fused-ring (bicyclic) bond motifs is 2. The topological polar surface area (TPSA) is 86.6 Å². The number of para-hydroxylation sites is 1. The molecule has 1 aliphatic heterocycles. The van der Waals surface area contributed by atoms with Gasteiger partial charge in [-0.15, -0.1) is 0 Å². The summed E-state index contributed by atoms with van der Waals surface area (Å²) in [6.45, 7) is 3.31. The number of hydrogen-bond acceptors (Lipinski definition) is 5. The van der Waals surface area contributed by atoms with Crippen molar-refractivity contribution in [3.63, 3.8) is 0 Å². The summed E-state index contributed by atoms with van der Waals surface area (Å²) in [5.41, 5.74) is 9.16. The third kappa shape index (κ3) is 3.78. The van der Waals surface area contributed by atoms with Crippen LogP contribution in [0.15, 0.2) is 77.9 Å². The highest BCUT2D eigenvalue weighted by atomic mass is 16.3. The molecular weight excluding hydrogens is 448 g/mol. The number of H-pyrrole nitrogens is 2. The number of furan rings is 1. The molecule has 2 N–H and O–H groups in total. The van der Waals surface area contributed by atoms with E-state index in [9.17, 15) is 0 Å². The largest absolute Gasteiger partial charge is 0.472 e. The molecule has 7 nitrogen and oxygen atoms in total. The van der Waals surface area contributed by atoms with E-state index in [1.807, 2.05) is 30.6 Å². The van der Waals surface area contributed by atoms with E-state index in [2.05, 4.69) is 55.4 Å². The van der Waals surface area contributed by atoms with Gasteiger partial charge >= 0.3 is 0 Å². The molecule has 1 aliphatic rings. The maximum Gasteiger partial charge on any atom is 0.159 e. The predicted octanol–water partition coefficient (Wildman–Crippen LogP) is 6.41. The van der Waals surface area contributed by atoms with Crippen LogP contribution in [0.1, 0.15) is 24.8 Å². The fourth-order valence-electron chi connectivity index (χ4n) is 5.28. The second-order valence-electron chi connectivity index (χ2n) is 9.55. The zero-order chi connectivity index (χ0) is 23.9. The number of aromatic nitrogens is 5. The van der Waals surface area contributed by atoms with Crippen molar-refractivity contribution in [1.82, 2.24) is 30.0 Å². The highest BCUT2D eigenvalue weighted by Gasteiger charge is 2.17. The van der Waals surface area contributed by atoms with E-state index in [-0.39, 0.29) is 0 Å². The van der Waals surface area contributed by atoms with Gasteiger partial charge in [0, 0.05) is 41.0 Å². The van der Waals surface area contributed by atoms with Crippen LogP contribution in [0.4, 0.5) is 0 Å². The van der Waals surface area contributed by atoms with Crippen LogP contribution < -0.4 is 0 Å². The number of imidazole rings is 1. The van der Waals surface area contributed by atoms with Gasteiger partial charge in [-0.05, 0) is 67.4 Å². The van der Waals surface area contributed by atoms with E-state index in [4.69, 9.17) is 9.40 Å². The Morgan fingerprint density at radius 3 is 2.72 bits per heavy atom. The monoisotopic (exact) mass is 474 g/mol. The van der Waals surface area contributed by atoms with Crippen LogP contribution in [0.5, 0.6) is 0 Å². The van der Waals surface area contributed by atoms with Crippen molar-refractivity contribution in [3.05, 3.63) is 79.0 Å². The summed E-state index contributed by atoms with van der Waals surface area (Å²) in [4.78, 5) is 15.5. The lowest BCUT2D eigenvalue weighted by Crippen LogP contribution is -2.29. The predicted molar refractivity (Wildman–Crippen MR) is 141 cm³/mol. The molecule has 178 valence electrons. The van der Waals surface area contributed by atoms with Crippen molar-refractivity contribution in [1.29, 1.82) is 0 Å². The summed E-state index contributed by atoms with van der Waals surface area (Å²) in [6.07, 6.45) is 11.3. The maximum atomic E-state index is 5.30. The molecule has 0 aliphatic carbocycles. The first kappa shape index (κ1) is 21.1. The summed E-state index contributed by atoms with van der Waals surface area (Å²) < 4.78 is 5.30. The first-order valence-electron chi connectivity index (χ1n) is 12.5. The van der Waals surface area contributed by atoms with E-state index < -0.39 is 0 Å². The SMILES string of the molecule is c1cc(-c2ccoc2)c2nc(-c3n[nH]c4ccc(-c5cncc(CN6CCCCC6)c5)cc34)[nH]c2c1. The lowest BCUT2D eigenvalue weighted by molar-refractivity contribution is 0.220. The second kappa shape index (κ2) is 8.77. The molecule has 0 unspecified atom stereocenters. The van der Waals surface area contributed by atoms with Gasteiger partial charge in [0.2, 0.25) is 0 Å². The van der Waals surface area contributed by atoms with Crippen molar-refractivity contribution in [2.75, 3.05) is 13.1 Å². The maximum absolute atomic E-state index is 5.30. The number of pyridine rings is 1. The molecular formula is C29H26N6O. The first-order chi connectivity index (χ1) is 17.8. The highest BCUT2D eigenvalue weighted by molar-refractivity contribution is 5.98. The normalized spacial score (nSPS) is 14.7. The van der Waals surface area contributed by atoms with Crippen LogP contribution in [0, 0.1) is 0 Å². The van der Waals surface area contributed by atoms with E-state index >= 15 is 0 Å². The van der Waals surface area contributed by atoms with Crippen molar-refractivity contribution >= 4 is 21.9 Å². The van der Waals surface area contributed by atoms with Crippen LogP contribution in [0.25, 0.3) is 55.7 Å². The minimum atomic E-state index is 0.737. The number of rotatable bonds is 5. The minimum absolute atomic E-state index is 0.737. The number of likely N-dealkylation sites (tertiary alicyclic amines) is 1. The van der Waals surface area contributed by atoms with Gasteiger partial charge in [-0.25, -0.2) is 4.98 Å². The average Bonchev–Trinajstić information content (AvgIpc) is 3.68. The number of piperidine rings is 1. The number of hydrogen-bond donors (Lipinski definition) is 2. The molecule has 0 radical (unpaired) electrons. The Morgan fingerprint density at radius 1 is 0.889 bits per heavy atom. The summed E-state index contributed by atoms with van der Waals surface area (Å²) in [7, 11) is 0. The van der Waals surface area contributed by atoms with Gasteiger partial charge in [-0.3, -0.25) is 15.0 Å². The molecule has 7 heteroatoms. The number of nitrogens with one attached hydrogen (secondary N) is 2. The van der Waals surface area contributed by atoms with Gasteiger partial charge in [0.15, 0.2) is 5.82 Å². The minimum Gasteiger partial charge on any atom is -0.472 e. The summed E-state index contributed by atoms with van der Waals surface area (Å²) in [6, 6.07) is 16.7. The molecule has 1 saturated heterocycles. The molecule has 4 aromatic heterocycles. The molecule has 6 aromatic rings. The molecule has 0 atom stereocenters. The standard InChI is InChI=1S/C29H26N6O/c1-2-10-35(11-3-1)17-19-13-22(16-30-15-19)20-7-8-25-24(14-20)28(34-33-25)29-31-26-6-4-5-23(27(26)32-29)21-9-12-36-18-21/h4-9,12-16,18H,1-3,10-11,17H2,(H,31,32)(H,33,34). The van der Waals surface area contributed by atoms with Crippen molar-refractivity contribution in [2.24, 2.45) is 0 Å². The van der Waals surface area contributed by atoms with Gasteiger partial charge in [-0.2, -0.15) is 5.10 Å². The molecule has 0 spiro atoms. The van der Waals surface area contributed by atoms with Crippen molar-refractivity contribution in [3.8, 4) is 33.8 Å². The lowest BCUT2D eigenvalue weighted by atomic mass is 10.0. The summed E-state index contributed by atoms with van der Waals surface area (Å²) in [5, 5.41) is 8.82. The quantitative estimate of drug-likeness (QED) is 0.301. The Balaban J connectivity index is 1.26. The smallest absolute Gasteiger partial charge is 0.159 e. The van der Waals surface area contributed by atoms with Gasteiger partial charge in [0.1, 0.15) is 5.69 Å². The van der Waals surface area contributed by atoms with Crippen molar-refractivity contribution < 1.29 is 4.42 Å². The van der Waals surface area contributed by atoms with Crippen LogP contribution in [0.3, 0.4) is 0 Å². The first-order valence-corrected chi connectivity index (χ1v) is 12.5. The zero-order valence-corrected chi connectivity index (χ0v) is 19.9. The third-order valence-electron chi connectivity index (χ3n) is 7.12. The molecule has 5 heterocycles. The molecule has 0 bridgehead atoms. The second-order valence-corrected chi connectivity index (χ2v) is 9.55. The van der Waals surface area contributed by atoms with E-state index in [0.717, 1.165) is 62.3 Å². The molecule has 2 aromatic carbocycles. The van der Waals surface area contributed by atoms with E-state index in [1.54, 1.807) is 12.5 Å². The third-order valence-corrected chi connectivity index (χ3v) is 7.12. The molecule has 1 fully saturated rings. The molecule has 36 heavy (non-hydrogen) atoms. The van der Waals surface area contributed by atoms with Crippen LogP contribution in [-0.4, -0.2) is 43.1 Å². The molecule has 7 rings (SSSR count). The Labute approximate surface area is 208 Å². The number of nitrogens with zero attached hydrogens (tertiary/aromatic N) is 4. The fourth-order valence-corrected chi connectivity index (χ4v) is 5.28. The van der Waals surface area contributed by atoms with Gasteiger partial charge in [0.25, 0.3) is 0 Å². The number of aromatic amines is 2. The Bertz CT molecular complexity index is 1660. The Hall–Kier alpha value is -4.23. The van der Waals surface area contributed by atoms with Gasteiger partial charge in [-0.1, -0.05) is 24.6 Å². The number of benzene rings is 2. The van der Waals surface area contributed by atoms with Crippen LogP contribution in [-0.2, 0) is 6.54 Å². The Kier molecular flexibility index (Phi) is 5.14. The lowest BCUT2D eigenvalue weighted by Gasteiger charge is -2.26.